The molecule has 234 valence electrons. The third kappa shape index (κ3) is 7.04. The summed E-state index contributed by atoms with van der Waals surface area (Å²) in [6, 6.07) is 20.5. The number of carbonyl (C=O) groups excluding carboxylic acids is 1. The molecule has 9 heteroatoms. The van der Waals surface area contributed by atoms with Crippen LogP contribution in [-0.4, -0.2) is 29.9 Å². The number of benzene rings is 3. The Morgan fingerprint density at radius 3 is 2.49 bits per heavy atom. The summed E-state index contributed by atoms with van der Waals surface area (Å²) in [6.07, 6.45) is 1.70. The van der Waals surface area contributed by atoms with Crippen molar-refractivity contribution in [3.8, 4) is 17.2 Å². The molecule has 1 aliphatic rings. The van der Waals surface area contributed by atoms with E-state index in [-0.39, 0.29) is 18.3 Å². The molecule has 4 aromatic rings. The maximum Gasteiger partial charge on any atom is 0.338 e. The largest absolute Gasteiger partial charge is 0.491 e. The predicted octanol–water partition coefficient (Wildman–Crippen LogP) is 5.87. The highest BCUT2D eigenvalue weighted by Gasteiger charge is 2.35. The van der Waals surface area contributed by atoms with Gasteiger partial charge in [0.05, 0.1) is 35.1 Å². The first-order chi connectivity index (χ1) is 21.7. The molecule has 1 atom stereocenters. The molecule has 1 aromatic heterocycles. The average molecular weight is 627 g/mol. The van der Waals surface area contributed by atoms with Gasteiger partial charge in [0.25, 0.3) is 5.56 Å². The van der Waals surface area contributed by atoms with Crippen LogP contribution in [0.5, 0.6) is 17.2 Å². The Hall–Kier alpha value is -4.63. The topological polar surface area (TPSA) is 88.4 Å². The first-order valence-corrected chi connectivity index (χ1v) is 15.9. The fraction of sp³-hybridized carbons (Fsp3) is 0.306. The van der Waals surface area contributed by atoms with E-state index < -0.39 is 12.0 Å². The molecule has 0 unspecified atom stereocenters. The molecule has 1 aliphatic heterocycles. The standard InChI is InChI=1S/C36H38N2O6S/c1-7-41-30-19-25(16-17-29(30)43-21-26-13-11-12-23(5)18-26)20-31-34(39)38-33(27-14-9-10-15-28(27)44-22(3)4)32(35(40)42-8-2)24(6)37-36(38)45-31/h9-20,22,33H,7-8,21H2,1-6H3/b31-20+/t33-/m0/s1. The van der Waals surface area contributed by atoms with E-state index in [0.29, 0.717) is 56.6 Å². The molecule has 0 amide bonds. The summed E-state index contributed by atoms with van der Waals surface area (Å²) in [5.74, 6) is 1.28. The average Bonchev–Trinajstić information content (AvgIpc) is 3.30. The van der Waals surface area contributed by atoms with Crippen molar-refractivity contribution >= 4 is 23.4 Å². The van der Waals surface area contributed by atoms with Crippen molar-refractivity contribution in [3.63, 3.8) is 0 Å². The minimum Gasteiger partial charge on any atom is -0.491 e. The number of rotatable bonds is 11. The highest BCUT2D eigenvalue weighted by atomic mass is 32.1. The number of ether oxygens (including phenoxy) is 4. The van der Waals surface area contributed by atoms with Crippen molar-refractivity contribution in [1.29, 1.82) is 0 Å². The van der Waals surface area contributed by atoms with E-state index in [0.717, 1.165) is 11.1 Å². The Labute approximate surface area is 266 Å². The van der Waals surface area contributed by atoms with Gasteiger partial charge in [0.1, 0.15) is 18.4 Å². The van der Waals surface area contributed by atoms with Gasteiger partial charge in [-0.2, -0.15) is 0 Å². The minimum absolute atomic E-state index is 0.110. The number of allylic oxidation sites excluding steroid dienone is 1. The number of esters is 1. The van der Waals surface area contributed by atoms with E-state index in [4.69, 9.17) is 23.9 Å². The molecule has 0 N–H and O–H groups in total. The van der Waals surface area contributed by atoms with Crippen molar-refractivity contribution in [1.82, 2.24) is 4.57 Å². The van der Waals surface area contributed by atoms with Crippen LogP contribution < -0.4 is 29.1 Å². The second-order valence-electron chi connectivity index (χ2n) is 10.9. The molecular formula is C36H38N2O6S. The Kier molecular flexibility index (Phi) is 9.88. The summed E-state index contributed by atoms with van der Waals surface area (Å²) in [4.78, 5) is 32.6. The Balaban J connectivity index is 1.58. The number of thiazole rings is 1. The molecule has 0 saturated heterocycles. The van der Waals surface area contributed by atoms with Crippen molar-refractivity contribution in [2.24, 2.45) is 4.99 Å². The Morgan fingerprint density at radius 1 is 0.956 bits per heavy atom. The fourth-order valence-corrected chi connectivity index (χ4v) is 6.32. The molecule has 3 aromatic carbocycles. The van der Waals surface area contributed by atoms with E-state index in [1.54, 1.807) is 18.4 Å². The van der Waals surface area contributed by atoms with Crippen LogP contribution in [0, 0.1) is 6.92 Å². The summed E-state index contributed by atoms with van der Waals surface area (Å²) in [7, 11) is 0. The number of hydrogen-bond acceptors (Lipinski definition) is 8. The van der Waals surface area contributed by atoms with Crippen LogP contribution in [0.4, 0.5) is 0 Å². The lowest BCUT2D eigenvalue weighted by molar-refractivity contribution is -0.139. The summed E-state index contributed by atoms with van der Waals surface area (Å²) in [5, 5.41) is 0. The molecular weight excluding hydrogens is 588 g/mol. The molecule has 0 bridgehead atoms. The summed E-state index contributed by atoms with van der Waals surface area (Å²) in [5.41, 5.74) is 4.23. The monoisotopic (exact) mass is 626 g/mol. The molecule has 0 fully saturated rings. The number of nitrogens with zero attached hydrogens (tertiary/aromatic N) is 2. The number of fused-ring (bicyclic) bond motifs is 1. The van der Waals surface area contributed by atoms with Crippen LogP contribution in [0.15, 0.2) is 87.8 Å². The van der Waals surface area contributed by atoms with E-state index in [9.17, 15) is 9.59 Å². The summed E-state index contributed by atoms with van der Waals surface area (Å²) in [6.45, 7) is 12.4. The van der Waals surface area contributed by atoms with E-state index in [2.05, 4.69) is 6.07 Å². The molecule has 8 nitrogen and oxygen atoms in total. The molecule has 0 spiro atoms. The van der Waals surface area contributed by atoms with Crippen LogP contribution >= 0.6 is 11.3 Å². The van der Waals surface area contributed by atoms with Crippen molar-refractivity contribution in [2.75, 3.05) is 13.2 Å². The van der Waals surface area contributed by atoms with Crippen LogP contribution in [0.3, 0.4) is 0 Å². The zero-order chi connectivity index (χ0) is 32.1. The first kappa shape index (κ1) is 31.8. The zero-order valence-corrected chi connectivity index (χ0v) is 27.3. The Morgan fingerprint density at radius 2 is 1.76 bits per heavy atom. The number of carbonyl (C=O) groups is 1. The third-order valence-corrected chi connectivity index (χ3v) is 8.12. The molecule has 0 aliphatic carbocycles. The lowest BCUT2D eigenvalue weighted by Crippen LogP contribution is -2.40. The van der Waals surface area contributed by atoms with Gasteiger partial charge in [0.2, 0.25) is 0 Å². The molecule has 2 heterocycles. The SMILES string of the molecule is CCOC(=O)C1=C(C)N=c2s/c(=C/c3ccc(OCc4cccc(C)c4)c(OCC)c3)c(=O)n2[C@H]1c1ccccc1OC(C)C. The zero-order valence-electron chi connectivity index (χ0n) is 26.5. The fourth-order valence-electron chi connectivity index (χ4n) is 5.27. The minimum atomic E-state index is -0.770. The van der Waals surface area contributed by atoms with Crippen LogP contribution in [0.2, 0.25) is 0 Å². The normalized spacial score (nSPS) is 14.6. The summed E-state index contributed by atoms with van der Waals surface area (Å²) < 4.78 is 25.6. The van der Waals surface area contributed by atoms with E-state index in [1.165, 1.54) is 16.9 Å². The second kappa shape index (κ2) is 14.0. The quantitative estimate of drug-likeness (QED) is 0.194. The highest BCUT2D eigenvalue weighted by molar-refractivity contribution is 7.07. The van der Waals surface area contributed by atoms with Gasteiger partial charge in [-0.1, -0.05) is 65.4 Å². The van der Waals surface area contributed by atoms with Crippen LogP contribution in [0.1, 0.15) is 62.9 Å². The summed E-state index contributed by atoms with van der Waals surface area (Å²) >= 11 is 1.27. The molecule has 5 rings (SSSR count). The van der Waals surface area contributed by atoms with Gasteiger partial charge in [0.15, 0.2) is 16.3 Å². The maximum absolute atomic E-state index is 14.1. The second-order valence-corrected chi connectivity index (χ2v) is 11.9. The van der Waals surface area contributed by atoms with Gasteiger partial charge < -0.3 is 18.9 Å². The molecule has 0 saturated carbocycles. The van der Waals surface area contributed by atoms with Crippen LogP contribution in [0.25, 0.3) is 6.08 Å². The van der Waals surface area contributed by atoms with Crippen LogP contribution in [-0.2, 0) is 16.1 Å². The highest BCUT2D eigenvalue weighted by Crippen LogP contribution is 2.36. The maximum atomic E-state index is 14.1. The number of aromatic nitrogens is 1. The van der Waals surface area contributed by atoms with Gasteiger partial charge in [-0.25, -0.2) is 9.79 Å². The number of hydrogen-bond donors (Lipinski definition) is 0. The predicted molar refractivity (Wildman–Crippen MR) is 176 cm³/mol. The van der Waals surface area contributed by atoms with E-state index >= 15 is 0 Å². The number of para-hydroxylation sites is 1. The lowest BCUT2D eigenvalue weighted by atomic mass is 9.95. The van der Waals surface area contributed by atoms with Gasteiger partial charge in [-0.05, 0) is 76.9 Å². The first-order valence-electron chi connectivity index (χ1n) is 15.1. The van der Waals surface area contributed by atoms with Crippen molar-refractivity contribution in [2.45, 2.75) is 60.3 Å². The van der Waals surface area contributed by atoms with Crippen molar-refractivity contribution in [3.05, 3.63) is 120 Å². The number of aryl methyl sites for hydroxylation is 1. The van der Waals surface area contributed by atoms with Gasteiger partial charge in [0, 0.05) is 5.56 Å². The van der Waals surface area contributed by atoms with Gasteiger partial charge in [-0.15, -0.1) is 0 Å². The van der Waals surface area contributed by atoms with E-state index in [1.807, 2.05) is 94.4 Å². The van der Waals surface area contributed by atoms with Gasteiger partial charge >= 0.3 is 5.97 Å². The molecule has 45 heavy (non-hydrogen) atoms. The van der Waals surface area contributed by atoms with Gasteiger partial charge in [-0.3, -0.25) is 9.36 Å². The molecule has 0 radical (unpaired) electrons. The van der Waals surface area contributed by atoms with Crippen molar-refractivity contribution < 1.29 is 23.7 Å². The lowest BCUT2D eigenvalue weighted by Gasteiger charge is -2.26. The Bertz CT molecular complexity index is 1920. The third-order valence-electron chi connectivity index (χ3n) is 7.14. The smallest absolute Gasteiger partial charge is 0.338 e.